The van der Waals surface area contributed by atoms with E-state index in [9.17, 15) is 4.79 Å². The minimum Gasteiger partial charge on any atom is -0.372 e. The van der Waals surface area contributed by atoms with Crippen LogP contribution in [0.3, 0.4) is 0 Å². The maximum absolute atomic E-state index is 11.9. The Balaban J connectivity index is 2.23. The van der Waals surface area contributed by atoms with Crippen LogP contribution in [0.5, 0.6) is 0 Å². The molecule has 0 radical (unpaired) electrons. The van der Waals surface area contributed by atoms with Crippen LogP contribution in [0, 0.1) is 0 Å². The molecule has 17 heavy (non-hydrogen) atoms. The number of amides is 1. The maximum Gasteiger partial charge on any atom is 0.251 e. The van der Waals surface area contributed by atoms with Crippen LogP contribution < -0.4 is 5.73 Å². The third-order valence-electron chi connectivity index (χ3n) is 3.31. The highest BCUT2D eigenvalue weighted by Gasteiger charge is 2.24. The first-order valence-corrected chi connectivity index (χ1v) is 6.43. The van der Waals surface area contributed by atoms with Gasteiger partial charge in [0.15, 0.2) is 0 Å². The molecule has 0 saturated carbocycles. The summed E-state index contributed by atoms with van der Waals surface area (Å²) in [4.78, 5) is 16.2. The van der Waals surface area contributed by atoms with Crippen molar-refractivity contribution in [3.8, 4) is 0 Å². The predicted molar refractivity (Wildman–Crippen MR) is 67.8 cm³/mol. The summed E-state index contributed by atoms with van der Waals surface area (Å²) in [5.74, 6) is 0.106. The predicted octanol–water partition coefficient (Wildman–Crippen LogP) is -0.0956. The van der Waals surface area contributed by atoms with E-state index in [1.807, 2.05) is 4.90 Å². The van der Waals surface area contributed by atoms with Gasteiger partial charge in [-0.15, -0.1) is 0 Å². The Labute approximate surface area is 104 Å². The Morgan fingerprint density at radius 2 is 1.94 bits per heavy atom. The maximum atomic E-state index is 11.9. The molecule has 0 spiro atoms. The number of carbonyl (C=O) groups excluding carboxylic acids is 1. The Hall–Kier alpha value is -0.650. The van der Waals surface area contributed by atoms with Gasteiger partial charge in [-0.1, -0.05) is 0 Å². The van der Waals surface area contributed by atoms with Crippen LogP contribution in [0.1, 0.15) is 19.8 Å². The molecule has 1 aliphatic rings. The molecule has 1 aliphatic heterocycles. The number of hydrogen-bond acceptors (Lipinski definition) is 4. The smallest absolute Gasteiger partial charge is 0.251 e. The lowest BCUT2D eigenvalue weighted by molar-refractivity contribution is -0.142. The monoisotopic (exact) mass is 243 g/mol. The van der Waals surface area contributed by atoms with Crippen LogP contribution in [0.2, 0.25) is 0 Å². The third kappa shape index (κ3) is 4.61. The van der Waals surface area contributed by atoms with Gasteiger partial charge in [-0.2, -0.15) is 0 Å². The van der Waals surface area contributed by atoms with Gasteiger partial charge in [0.2, 0.25) is 0 Å². The zero-order valence-corrected chi connectivity index (χ0v) is 11.0. The van der Waals surface area contributed by atoms with Gasteiger partial charge in [0.05, 0.1) is 0 Å². The molecule has 2 N–H and O–H groups in total. The SMILES string of the molecule is COC(C)C(=O)N1CCN(CCCCN)CC1. The highest BCUT2D eigenvalue weighted by atomic mass is 16.5. The average Bonchev–Trinajstić information content (AvgIpc) is 2.38. The molecule has 1 atom stereocenters. The van der Waals surface area contributed by atoms with E-state index < -0.39 is 0 Å². The van der Waals surface area contributed by atoms with Crippen molar-refractivity contribution in [1.29, 1.82) is 0 Å². The molecule has 0 aromatic carbocycles. The Morgan fingerprint density at radius 1 is 1.29 bits per heavy atom. The second kappa shape index (κ2) is 7.63. The van der Waals surface area contributed by atoms with Crippen molar-refractivity contribution in [2.45, 2.75) is 25.9 Å². The highest BCUT2D eigenvalue weighted by Crippen LogP contribution is 2.06. The molecule has 0 bridgehead atoms. The first-order valence-electron chi connectivity index (χ1n) is 6.43. The van der Waals surface area contributed by atoms with Gasteiger partial charge in [-0.3, -0.25) is 9.69 Å². The molecule has 5 nitrogen and oxygen atoms in total. The van der Waals surface area contributed by atoms with Crippen LogP contribution in [0.15, 0.2) is 0 Å². The standard InChI is InChI=1S/C12H25N3O2/c1-11(17-2)12(16)15-9-7-14(8-10-15)6-4-3-5-13/h11H,3-10,13H2,1-2H3. The molecule has 1 rings (SSSR count). The van der Waals surface area contributed by atoms with Gasteiger partial charge in [-0.25, -0.2) is 0 Å². The number of nitrogens with two attached hydrogens (primary N) is 1. The van der Waals surface area contributed by atoms with Gasteiger partial charge in [0.1, 0.15) is 6.10 Å². The summed E-state index contributed by atoms with van der Waals surface area (Å²) < 4.78 is 5.05. The number of carbonyl (C=O) groups is 1. The summed E-state index contributed by atoms with van der Waals surface area (Å²) in [6, 6.07) is 0. The minimum atomic E-state index is -0.321. The van der Waals surface area contributed by atoms with Crippen molar-refractivity contribution in [3.63, 3.8) is 0 Å². The summed E-state index contributed by atoms with van der Waals surface area (Å²) in [5.41, 5.74) is 5.47. The van der Waals surface area contributed by atoms with Crippen LogP contribution >= 0.6 is 0 Å². The van der Waals surface area contributed by atoms with Crippen molar-refractivity contribution in [3.05, 3.63) is 0 Å². The Kier molecular flexibility index (Phi) is 6.47. The van der Waals surface area contributed by atoms with E-state index in [0.717, 1.165) is 52.1 Å². The number of methoxy groups -OCH3 is 1. The lowest BCUT2D eigenvalue weighted by Crippen LogP contribution is -2.51. The molecule has 1 amide bonds. The van der Waals surface area contributed by atoms with Crippen molar-refractivity contribution in [2.75, 3.05) is 46.4 Å². The molecule has 1 unspecified atom stereocenters. The average molecular weight is 243 g/mol. The minimum absolute atomic E-state index is 0.106. The highest BCUT2D eigenvalue weighted by molar-refractivity contribution is 5.80. The zero-order valence-electron chi connectivity index (χ0n) is 11.0. The van der Waals surface area contributed by atoms with Crippen molar-refractivity contribution >= 4 is 5.91 Å². The number of hydrogen-bond donors (Lipinski definition) is 1. The van der Waals surface area contributed by atoms with E-state index in [4.69, 9.17) is 10.5 Å². The van der Waals surface area contributed by atoms with E-state index in [0.29, 0.717) is 0 Å². The Bertz CT molecular complexity index is 228. The van der Waals surface area contributed by atoms with E-state index in [-0.39, 0.29) is 12.0 Å². The van der Waals surface area contributed by atoms with Gasteiger partial charge < -0.3 is 15.4 Å². The number of piperazine rings is 1. The molecule has 100 valence electrons. The second-order valence-electron chi connectivity index (χ2n) is 4.54. The van der Waals surface area contributed by atoms with Crippen LogP contribution in [-0.2, 0) is 9.53 Å². The molecule has 1 heterocycles. The summed E-state index contributed by atoms with van der Waals surface area (Å²) in [7, 11) is 1.58. The zero-order chi connectivity index (χ0) is 12.7. The second-order valence-corrected chi connectivity index (χ2v) is 4.54. The number of ether oxygens (including phenoxy) is 1. The van der Waals surface area contributed by atoms with Gasteiger partial charge in [-0.05, 0) is 32.9 Å². The number of rotatable bonds is 6. The molecule has 0 aromatic rings. The van der Waals surface area contributed by atoms with Crippen molar-refractivity contribution in [1.82, 2.24) is 9.80 Å². The van der Waals surface area contributed by atoms with Crippen molar-refractivity contribution < 1.29 is 9.53 Å². The van der Waals surface area contributed by atoms with Crippen molar-refractivity contribution in [2.24, 2.45) is 5.73 Å². The Morgan fingerprint density at radius 3 is 2.47 bits per heavy atom. The summed E-state index contributed by atoms with van der Waals surface area (Å²) in [6.07, 6.45) is 1.91. The van der Waals surface area contributed by atoms with Crippen LogP contribution in [-0.4, -0.2) is 68.2 Å². The van der Waals surface area contributed by atoms with E-state index in [1.54, 1.807) is 14.0 Å². The van der Waals surface area contributed by atoms with Gasteiger partial charge in [0.25, 0.3) is 5.91 Å². The molecule has 1 saturated heterocycles. The quantitative estimate of drug-likeness (QED) is 0.662. The van der Waals surface area contributed by atoms with E-state index in [2.05, 4.69) is 4.90 Å². The first kappa shape index (κ1) is 14.4. The number of unbranched alkanes of at least 4 members (excludes halogenated alkanes) is 1. The van der Waals surface area contributed by atoms with Crippen LogP contribution in [0.4, 0.5) is 0 Å². The van der Waals surface area contributed by atoms with Gasteiger partial charge in [0, 0.05) is 33.3 Å². The largest absolute Gasteiger partial charge is 0.372 e. The third-order valence-corrected chi connectivity index (χ3v) is 3.31. The molecular weight excluding hydrogens is 218 g/mol. The molecule has 0 aliphatic carbocycles. The fraction of sp³-hybridized carbons (Fsp3) is 0.917. The lowest BCUT2D eigenvalue weighted by Gasteiger charge is -2.35. The number of nitrogens with zero attached hydrogens (tertiary/aromatic N) is 2. The summed E-state index contributed by atoms with van der Waals surface area (Å²) in [5, 5.41) is 0. The summed E-state index contributed by atoms with van der Waals surface area (Å²) in [6.45, 7) is 7.22. The molecular formula is C12H25N3O2. The fourth-order valence-electron chi connectivity index (χ4n) is 2.03. The lowest BCUT2D eigenvalue weighted by atomic mass is 10.2. The summed E-state index contributed by atoms with van der Waals surface area (Å²) >= 11 is 0. The topological polar surface area (TPSA) is 58.8 Å². The molecule has 5 heteroatoms. The van der Waals surface area contributed by atoms with Crippen LogP contribution in [0.25, 0.3) is 0 Å². The first-order chi connectivity index (χ1) is 8.19. The normalized spacial score (nSPS) is 19.4. The fourth-order valence-corrected chi connectivity index (χ4v) is 2.03. The van der Waals surface area contributed by atoms with E-state index in [1.165, 1.54) is 0 Å². The van der Waals surface area contributed by atoms with Gasteiger partial charge >= 0.3 is 0 Å². The molecule has 1 fully saturated rings. The molecule has 0 aromatic heterocycles. The van der Waals surface area contributed by atoms with E-state index >= 15 is 0 Å².